The van der Waals surface area contributed by atoms with Gasteiger partial charge in [0, 0.05) is 6.54 Å². The molecule has 9 heteroatoms. The monoisotopic (exact) mass is 336 g/mol. The van der Waals surface area contributed by atoms with E-state index in [9.17, 15) is 13.2 Å². The molecule has 0 unspecified atom stereocenters. The standard InChI is InChI=1S/C10H9ClN2O3S3/c1-2-13-9(11)7(6-14)18-10(13)12-19(15,16)8-4-3-5-17-8/h3-6H,2H2,1H3/b12-10+. The number of aromatic nitrogens is 1. The number of thiophene rings is 1. The summed E-state index contributed by atoms with van der Waals surface area (Å²) in [5.74, 6) is 0. The molecule has 0 spiro atoms. The maximum absolute atomic E-state index is 12.0. The topological polar surface area (TPSA) is 68.5 Å². The number of rotatable bonds is 4. The summed E-state index contributed by atoms with van der Waals surface area (Å²) in [6.45, 7) is 2.23. The van der Waals surface area contributed by atoms with Crippen molar-refractivity contribution in [1.82, 2.24) is 4.57 Å². The second kappa shape index (κ2) is 5.58. The number of thiazole rings is 1. The molecule has 0 bridgehead atoms. The summed E-state index contributed by atoms with van der Waals surface area (Å²) in [4.78, 5) is 11.3. The molecular weight excluding hydrogens is 328 g/mol. The Balaban J connectivity index is 2.65. The largest absolute Gasteiger partial charge is 0.307 e. The molecule has 0 fully saturated rings. The van der Waals surface area contributed by atoms with Crippen molar-refractivity contribution in [2.75, 3.05) is 0 Å². The van der Waals surface area contributed by atoms with Crippen LogP contribution in [0.1, 0.15) is 16.6 Å². The molecule has 19 heavy (non-hydrogen) atoms. The lowest BCUT2D eigenvalue weighted by Crippen LogP contribution is -2.16. The molecule has 5 nitrogen and oxygen atoms in total. The maximum atomic E-state index is 12.0. The molecule has 2 rings (SSSR count). The van der Waals surface area contributed by atoms with Crippen LogP contribution in [0.15, 0.2) is 26.1 Å². The molecule has 0 amide bonds. The number of hydrogen-bond donors (Lipinski definition) is 0. The van der Waals surface area contributed by atoms with Crippen molar-refractivity contribution in [2.45, 2.75) is 17.7 Å². The van der Waals surface area contributed by atoms with Gasteiger partial charge < -0.3 is 4.57 Å². The molecule has 2 heterocycles. The number of carbonyl (C=O) groups is 1. The molecule has 0 atom stereocenters. The third kappa shape index (κ3) is 2.81. The summed E-state index contributed by atoms with van der Waals surface area (Å²) in [6.07, 6.45) is 0.593. The SMILES string of the molecule is CCn1c(Cl)c(C=O)s/c1=N/S(=O)(=O)c1cccs1. The first kappa shape index (κ1) is 14.4. The van der Waals surface area contributed by atoms with Crippen molar-refractivity contribution in [3.63, 3.8) is 0 Å². The summed E-state index contributed by atoms with van der Waals surface area (Å²) in [5.41, 5.74) is 0. The zero-order valence-corrected chi connectivity index (χ0v) is 12.9. The van der Waals surface area contributed by atoms with Gasteiger partial charge in [0.25, 0.3) is 10.0 Å². The summed E-state index contributed by atoms with van der Waals surface area (Å²) >= 11 is 8.02. The van der Waals surface area contributed by atoms with E-state index in [2.05, 4.69) is 4.40 Å². The fourth-order valence-electron chi connectivity index (χ4n) is 1.39. The lowest BCUT2D eigenvalue weighted by molar-refractivity contribution is 0.112. The van der Waals surface area contributed by atoms with Gasteiger partial charge in [-0.15, -0.1) is 15.7 Å². The minimum Gasteiger partial charge on any atom is -0.307 e. The highest BCUT2D eigenvalue weighted by molar-refractivity contribution is 7.92. The van der Waals surface area contributed by atoms with E-state index in [1.54, 1.807) is 18.4 Å². The molecule has 102 valence electrons. The van der Waals surface area contributed by atoms with Crippen LogP contribution in [-0.4, -0.2) is 19.3 Å². The van der Waals surface area contributed by atoms with Crippen LogP contribution in [0.2, 0.25) is 5.15 Å². The summed E-state index contributed by atoms with van der Waals surface area (Å²) in [6, 6.07) is 3.12. The van der Waals surface area contributed by atoms with Gasteiger partial charge in [0.15, 0.2) is 6.29 Å². The Morgan fingerprint density at radius 3 is 2.79 bits per heavy atom. The first-order valence-electron chi connectivity index (χ1n) is 5.18. The van der Waals surface area contributed by atoms with Crippen LogP contribution < -0.4 is 4.80 Å². The summed E-state index contributed by atoms with van der Waals surface area (Å²) in [5, 5.41) is 1.87. The average molecular weight is 337 g/mol. The molecule has 0 radical (unpaired) electrons. The fraction of sp³-hybridized carbons (Fsp3) is 0.200. The van der Waals surface area contributed by atoms with Crippen LogP contribution in [-0.2, 0) is 16.6 Å². The second-order valence-corrected chi connectivity index (χ2v) is 7.55. The Hall–Kier alpha value is -0.960. The minimum atomic E-state index is -3.76. The van der Waals surface area contributed by atoms with E-state index < -0.39 is 10.0 Å². The Morgan fingerprint density at radius 1 is 1.53 bits per heavy atom. The Kier molecular flexibility index (Phi) is 4.24. The predicted octanol–water partition coefficient (Wildman–Crippen LogP) is 2.39. The van der Waals surface area contributed by atoms with Crippen LogP contribution in [0.25, 0.3) is 0 Å². The smallest absolute Gasteiger partial charge is 0.294 e. The Labute approximate surface area is 122 Å². The zero-order chi connectivity index (χ0) is 14.0. The van der Waals surface area contributed by atoms with Crippen LogP contribution in [0.3, 0.4) is 0 Å². The van der Waals surface area contributed by atoms with E-state index in [-0.39, 0.29) is 19.0 Å². The number of aldehydes is 1. The number of hydrogen-bond acceptors (Lipinski definition) is 5. The van der Waals surface area contributed by atoms with E-state index in [1.165, 1.54) is 10.6 Å². The summed E-state index contributed by atoms with van der Waals surface area (Å²) in [7, 11) is -3.76. The quantitative estimate of drug-likeness (QED) is 0.805. The van der Waals surface area contributed by atoms with Gasteiger partial charge >= 0.3 is 0 Å². The molecule has 2 aromatic rings. The van der Waals surface area contributed by atoms with Gasteiger partial charge in [-0.1, -0.05) is 29.0 Å². The number of nitrogens with zero attached hydrogens (tertiary/aromatic N) is 2. The first-order chi connectivity index (χ1) is 8.99. The van der Waals surface area contributed by atoms with Crippen molar-refractivity contribution < 1.29 is 13.2 Å². The van der Waals surface area contributed by atoms with E-state index >= 15 is 0 Å². The number of sulfonamides is 1. The van der Waals surface area contributed by atoms with Crippen molar-refractivity contribution in [3.05, 3.63) is 32.3 Å². The van der Waals surface area contributed by atoms with E-state index in [0.717, 1.165) is 22.7 Å². The van der Waals surface area contributed by atoms with Gasteiger partial charge in [0.05, 0.1) is 0 Å². The highest BCUT2D eigenvalue weighted by Gasteiger charge is 2.16. The highest BCUT2D eigenvalue weighted by atomic mass is 35.5. The van der Waals surface area contributed by atoms with Gasteiger partial charge in [-0.2, -0.15) is 8.42 Å². The van der Waals surface area contributed by atoms with Crippen molar-refractivity contribution >= 4 is 50.6 Å². The molecular formula is C10H9ClN2O3S3. The molecule has 0 aromatic carbocycles. The van der Waals surface area contributed by atoms with Crippen LogP contribution in [0.4, 0.5) is 0 Å². The van der Waals surface area contributed by atoms with Crippen molar-refractivity contribution in [1.29, 1.82) is 0 Å². The Bertz CT molecular complexity index is 757. The molecule has 0 aliphatic carbocycles. The molecule has 2 aromatic heterocycles. The second-order valence-electron chi connectivity index (χ2n) is 3.40. The highest BCUT2D eigenvalue weighted by Crippen LogP contribution is 2.20. The number of carbonyl (C=O) groups excluding carboxylic acids is 1. The van der Waals surface area contributed by atoms with Crippen LogP contribution in [0.5, 0.6) is 0 Å². The lowest BCUT2D eigenvalue weighted by atomic mass is 10.6. The van der Waals surface area contributed by atoms with E-state index in [0.29, 0.717) is 12.8 Å². The first-order valence-corrected chi connectivity index (χ1v) is 8.70. The summed E-state index contributed by atoms with van der Waals surface area (Å²) < 4.78 is 29.5. The predicted molar refractivity (Wildman–Crippen MR) is 75.4 cm³/mol. The zero-order valence-electron chi connectivity index (χ0n) is 9.74. The third-order valence-electron chi connectivity index (χ3n) is 2.24. The van der Waals surface area contributed by atoms with E-state index in [4.69, 9.17) is 11.6 Å². The average Bonchev–Trinajstić information content (AvgIpc) is 2.97. The van der Waals surface area contributed by atoms with E-state index in [1.807, 2.05) is 0 Å². The lowest BCUT2D eigenvalue weighted by Gasteiger charge is -1.98. The third-order valence-corrected chi connectivity index (χ3v) is 6.52. The van der Waals surface area contributed by atoms with Crippen LogP contribution in [0, 0.1) is 0 Å². The molecule has 0 aliphatic heterocycles. The molecule has 0 N–H and O–H groups in total. The maximum Gasteiger partial charge on any atom is 0.294 e. The van der Waals surface area contributed by atoms with Crippen molar-refractivity contribution in [2.24, 2.45) is 4.40 Å². The molecule has 0 saturated carbocycles. The fourth-order valence-corrected chi connectivity index (χ4v) is 4.87. The van der Waals surface area contributed by atoms with Gasteiger partial charge in [-0.25, -0.2) is 0 Å². The van der Waals surface area contributed by atoms with Crippen molar-refractivity contribution in [3.8, 4) is 0 Å². The number of halogens is 1. The van der Waals surface area contributed by atoms with Crippen LogP contribution >= 0.6 is 34.3 Å². The van der Waals surface area contributed by atoms with Gasteiger partial charge in [0.1, 0.15) is 14.2 Å². The van der Waals surface area contributed by atoms with Gasteiger partial charge in [0.2, 0.25) is 4.80 Å². The molecule has 0 aliphatic rings. The van der Waals surface area contributed by atoms with Gasteiger partial charge in [-0.3, -0.25) is 4.79 Å². The van der Waals surface area contributed by atoms with Gasteiger partial charge in [-0.05, 0) is 18.4 Å². The normalized spacial score (nSPS) is 12.8. The minimum absolute atomic E-state index is 0.160. The molecule has 0 saturated heterocycles. The Morgan fingerprint density at radius 2 is 2.26 bits per heavy atom.